The maximum Gasteiger partial charge on any atom is 0.107 e. The van der Waals surface area contributed by atoms with Crippen LogP contribution in [0.1, 0.15) is 35.9 Å². The number of hydrogen-bond donors (Lipinski definition) is 1. The van der Waals surface area contributed by atoms with Crippen molar-refractivity contribution < 1.29 is 0 Å². The van der Waals surface area contributed by atoms with E-state index in [1.54, 1.807) is 11.3 Å². The van der Waals surface area contributed by atoms with Crippen molar-refractivity contribution in [3.8, 4) is 0 Å². The molecule has 2 aromatic heterocycles. The molecule has 5 heteroatoms. The molecule has 4 nitrogen and oxygen atoms in total. The molecule has 0 saturated carbocycles. The van der Waals surface area contributed by atoms with Crippen LogP contribution in [0.15, 0.2) is 11.7 Å². The molecule has 0 saturated heterocycles. The van der Waals surface area contributed by atoms with Crippen LogP contribution in [0, 0.1) is 13.8 Å². The molecule has 0 aromatic carbocycles. The first-order valence-electron chi connectivity index (χ1n) is 6.21. The van der Waals surface area contributed by atoms with Gasteiger partial charge in [-0.05, 0) is 13.8 Å². The van der Waals surface area contributed by atoms with Gasteiger partial charge in [0.1, 0.15) is 5.01 Å². The van der Waals surface area contributed by atoms with E-state index in [0.29, 0.717) is 6.04 Å². The van der Waals surface area contributed by atoms with Crippen LogP contribution in [-0.4, -0.2) is 20.6 Å². The summed E-state index contributed by atoms with van der Waals surface area (Å²) < 4.78 is 2.14. The van der Waals surface area contributed by atoms with Gasteiger partial charge in [-0.25, -0.2) is 9.97 Å². The zero-order valence-electron chi connectivity index (χ0n) is 11.4. The molecule has 18 heavy (non-hydrogen) atoms. The van der Waals surface area contributed by atoms with Gasteiger partial charge in [0.25, 0.3) is 0 Å². The van der Waals surface area contributed by atoms with Gasteiger partial charge in [0.15, 0.2) is 0 Å². The molecular weight excluding hydrogens is 244 g/mol. The summed E-state index contributed by atoms with van der Waals surface area (Å²) >= 11 is 1.72. The summed E-state index contributed by atoms with van der Waals surface area (Å²) in [6.45, 7) is 10.1. The number of thiazole rings is 1. The van der Waals surface area contributed by atoms with Crippen molar-refractivity contribution in [2.24, 2.45) is 0 Å². The molecule has 0 spiro atoms. The van der Waals surface area contributed by atoms with Gasteiger partial charge in [0.2, 0.25) is 0 Å². The Bertz CT molecular complexity index is 513. The Morgan fingerprint density at radius 1 is 1.39 bits per heavy atom. The Morgan fingerprint density at radius 2 is 2.17 bits per heavy atom. The highest BCUT2D eigenvalue weighted by Gasteiger charge is 2.06. The lowest BCUT2D eigenvalue weighted by molar-refractivity contribution is 0.586. The molecule has 2 rings (SSSR count). The number of nitrogens with zero attached hydrogens (tertiary/aromatic N) is 3. The fourth-order valence-electron chi connectivity index (χ4n) is 1.67. The minimum Gasteiger partial charge on any atom is -0.329 e. The van der Waals surface area contributed by atoms with Gasteiger partial charge in [0.05, 0.1) is 24.3 Å². The Kier molecular flexibility index (Phi) is 4.14. The maximum absolute atomic E-state index is 4.64. The highest BCUT2D eigenvalue weighted by Crippen LogP contribution is 2.13. The fourth-order valence-corrected chi connectivity index (χ4v) is 2.41. The summed E-state index contributed by atoms with van der Waals surface area (Å²) in [5, 5.41) is 6.66. The Hall–Kier alpha value is -1.20. The summed E-state index contributed by atoms with van der Waals surface area (Å²) in [5.41, 5.74) is 3.41. The second-order valence-electron chi connectivity index (χ2n) is 4.81. The molecule has 2 aromatic rings. The second kappa shape index (κ2) is 5.63. The highest BCUT2D eigenvalue weighted by atomic mass is 32.1. The molecule has 0 fully saturated rings. The van der Waals surface area contributed by atoms with Crippen LogP contribution in [-0.2, 0) is 13.1 Å². The van der Waals surface area contributed by atoms with Crippen molar-refractivity contribution in [1.29, 1.82) is 0 Å². The van der Waals surface area contributed by atoms with E-state index in [2.05, 4.69) is 46.0 Å². The summed E-state index contributed by atoms with van der Waals surface area (Å²) in [5.74, 6) is 0. The quantitative estimate of drug-likeness (QED) is 0.902. The van der Waals surface area contributed by atoms with Crippen LogP contribution in [0.5, 0.6) is 0 Å². The fraction of sp³-hybridized carbons (Fsp3) is 0.538. The van der Waals surface area contributed by atoms with E-state index < -0.39 is 0 Å². The Labute approximate surface area is 112 Å². The molecular formula is C13H20N4S. The van der Waals surface area contributed by atoms with Crippen LogP contribution < -0.4 is 5.32 Å². The average Bonchev–Trinajstić information content (AvgIpc) is 2.89. The molecule has 0 aliphatic heterocycles. The first kappa shape index (κ1) is 13.2. The van der Waals surface area contributed by atoms with Gasteiger partial charge in [0, 0.05) is 23.7 Å². The molecule has 1 N–H and O–H groups in total. The van der Waals surface area contributed by atoms with Crippen molar-refractivity contribution in [1.82, 2.24) is 19.9 Å². The molecule has 0 aliphatic carbocycles. The van der Waals surface area contributed by atoms with Crippen molar-refractivity contribution in [2.45, 2.75) is 46.8 Å². The SMILES string of the molecule is Cc1ncn(Cc2csc(CNC(C)C)n2)c1C. The van der Waals surface area contributed by atoms with Crippen LogP contribution in [0.2, 0.25) is 0 Å². The maximum atomic E-state index is 4.64. The monoisotopic (exact) mass is 264 g/mol. The molecule has 0 aliphatic rings. The van der Waals surface area contributed by atoms with Gasteiger partial charge in [-0.1, -0.05) is 13.8 Å². The zero-order valence-corrected chi connectivity index (χ0v) is 12.2. The molecule has 0 bridgehead atoms. The minimum absolute atomic E-state index is 0.496. The van der Waals surface area contributed by atoms with Crippen LogP contribution in [0.25, 0.3) is 0 Å². The van der Waals surface area contributed by atoms with Crippen LogP contribution in [0.3, 0.4) is 0 Å². The number of aryl methyl sites for hydroxylation is 1. The molecule has 98 valence electrons. The predicted molar refractivity (Wildman–Crippen MR) is 74.9 cm³/mol. The Morgan fingerprint density at radius 3 is 2.78 bits per heavy atom. The third-order valence-electron chi connectivity index (χ3n) is 2.94. The number of aromatic nitrogens is 3. The third-order valence-corrected chi connectivity index (χ3v) is 3.84. The predicted octanol–water partition coefficient (Wildman–Crippen LogP) is 2.50. The van der Waals surface area contributed by atoms with E-state index in [0.717, 1.165) is 29.5 Å². The van der Waals surface area contributed by atoms with Crippen LogP contribution >= 0.6 is 11.3 Å². The van der Waals surface area contributed by atoms with E-state index >= 15 is 0 Å². The third kappa shape index (κ3) is 3.17. The summed E-state index contributed by atoms with van der Waals surface area (Å²) in [7, 11) is 0. The highest BCUT2D eigenvalue weighted by molar-refractivity contribution is 7.09. The summed E-state index contributed by atoms with van der Waals surface area (Å²) in [4.78, 5) is 8.94. The molecule has 0 unspecified atom stereocenters. The second-order valence-corrected chi connectivity index (χ2v) is 5.75. The first-order valence-corrected chi connectivity index (χ1v) is 7.09. The number of hydrogen-bond acceptors (Lipinski definition) is 4. The van der Waals surface area contributed by atoms with E-state index in [1.165, 1.54) is 5.69 Å². The first-order chi connectivity index (χ1) is 8.56. The van der Waals surface area contributed by atoms with Gasteiger partial charge < -0.3 is 9.88 Å². The summed E-state index contributed by atoms with van der Waals surface area (Å²) in [6.07, 6.45) is 1.88. The smallest absolute Gasteiger partial charge is 0.107 e. The normalized spacial score (nSPS) is 11.4. The summed E-state index contributed by atoms with van der Waals surface area (Å²) in [6, 6.07) is 0.496. The number of imidazole rings is 1. The molecule has 0 amide bonds. The van der Waals surface area contributed by atoms with Gasteiger partial charge in [-0.2, -0.15) is 0 Å². The lowest BCUT2D eigenvalue weighted by atomic mass is 10.3. The molecule has 0 atom stereocenters. The average molecular weight is 264 g/mol. The van der Waals surface area contributed by atoms with Gasteiger partial charge in [-0.15, -0.1) is 11.3 Å². The minimum atomic E-state index is 0.496. The largest absolute Gasteiger partial charge is 0.329 e. The van der Waals surface area contributed by atoms with E-state index in [1.807, 2.05) is 13.3 Å². The lowest BCUT2D eigenvalue weighted by Gasteiger charge is -2.05. The van der Waals surface area contributed by atoms with E-state index in [-0.39, 0.29) is 0 Å². The number of nitrogens with one attached hydrogen (secondary N) is 1. The van der Waals surface area contributed by atoms with Crippen molar-refractivity contribution >= 4 is 11.3 Å². The zero-order chi connectivity index (χ0) is 13.1. The van der Waals surface area contributed by atoms with Crippen molar-refractivity contribution in [3.63, 3.8) is 0 Å². The van der Waals surface area contributed by atoms with Crippen molar-refractivity contribution in [3.05, 3.63) is 33.8 Å². The molecule has 2 heterocycles. The lowest BCUT2D eigenvalue weighted by Crippen LogP contribution is -2.21. The van der Waals surface area contributed by atoms with Gasteiger partial charge >= 0.3 is 0 Å². The molecule has 0 radical (unpaired) electrons. The Balaban J connectivity index is 2.00. The van der Waals surface area contributed by atoms with Crippen molar-refractivity contribution in [2.75, 3.05) is 0 Å². The number of rotatable bonds is 5. The standard InChI is InChI=1S/C13H20N4S/c1-9(2)14-5-13-16-12(7-18-13)6-17-8-15-10(3)11(17)4/h7-9,14H,5-6H2,1-4H3. The van der Waals surface area contributed by atoms with Gasteiger partial charge in [-0.3, -0.25) is 0 Å². The van der Waals surface area contributed by atoms with E-state index in [4.69, 9.17) is 0 Å². The van der Waals surface area contributed by atoms with E-state index in [9.17, 15) is 0 Å². The van der Waals surface area contributed by atoms with Crippen LogP contribution in [0.4, 0.5) is 0 Å². The topological polar surface area (TPSA) is 42.7 Å².